The van der Waals surface area contributed by atoms with Gasteiger partial charge in [-0.3, -0.25) is 4.79 Å². The molecule has 1 saturated carbocycles. The van der Waals surface area contributed by atoms with E-state index in [2.05, 4.69) is 16.0 Å². The van der Waals surface area contributed by atoms with Crippen LogP contribution in [0.4, 0.5) is 5.82 Å². The van der Waals surface area contributed by atoms with Gasteiger partial charge in [0.05, 0.1) is 5.56 Å². The molecule has 0 radical (unpaired) electrons. The zero-order valence-corrected chi connectivity index (χ0v) is 11.5. The molecule has 1 aliphatic heterocycles. The van der Waals surface area contributed by atoms with E-state index in [9.17, 15) is 4.79 Å². The molecule has 0 bridgehead atoms. The molecule has 2 heterocycles. The van der Waals surface area contributed by atoms with Crippen molar-refractivity contribution in [2.24, 2.45) is 5.92 Å². The van der Waals surface area contributed by atoms with E-state index in [4.69, 9.17) is 5.26 Å². The molecule has 5 heteroatoms. The Morgan fingerprint density at radius 1 is 1.30 bits per heavy atom. The van der Waals surface area contributed by atoms with Crippen molar-refractivity contribution >= 4 is 11.7 Å². The lowest BCUT2D eigenvalue weighted by Crippen LogP contribution is -2.36. The van der Waals surface area contributed by atoms with Crippen LogP contribution in [0.15, 0.2) is 18.3 Å². The Morgan fingerprint density at radius 2 is 2.15 bits per heavy atom. The smallest absolute Gasteiger partial charge is 0.225 e. The van der Waals surface area contributed by atoms with Crippen LogP contribution in [-0.4, -0.2) is 42.0 Å². The Bertz CT molecular complexity index is 547. The lowest BCUT2D eigenvalue weighted by atomic mass is 10.2. The Hall–Kier alpha value is -2.09. The predicted octanol–water partition coefficient (Wildman–Crippen LogP) is 1.40. The van der Waals surface area contributed by atoms with E-state index in [0.29, 0.717) is 11.5 Å². The van der Waals surface area contributed by atoms with Gasteiger partial charge in [-0.2, -0.15) is 5.26 Å². The lowest BCUT2D eigenvalue weighted by Gasteiger charge is -2.23. The first-order valence-electron chi connectivity index (χ1n) is 7.18. The Morgan fingerprint density at radius 3 is 2.90 bits per heavy atom. The fourth-order valence-electron chi connectivity index (χ4n) is 2.67. The number of amides is 1. The molecule has 0 spiro atoms. The molecule has 1 saturated heterocycles. The predicted molar refractivity (Wildman–Crippen MR) is 75.1 cm³/mol. The Kier molecular flexibility index (Phi) is 3.55. The minimum atomic E-state index is 0.283. The molecule has 5 nitrogen and oxygen atoms in total. The van der Waals surface area contributed by atoms with E-state index in [0.717, 1.165) is 51.3 Å². The van der Waals surface area contributed by atoms with Gasteiger partial charge in [-0.05, 0) is 31.4 Å². The van der Waals surface area contributed by atoms with Crippen molar-refractivity contribution in [3.8, 4) is 6.07 Å². The maximum absolute atomic E-state index is 12.1. The van der Waals surface area contributed by atoms with Crippen molar-refractivity contribution in [1.82, 2.24) is 9.88 Å². The molecule has 2 fully saturated rings. The highest BCUT2D eigenvalue weighted by Crippen LogP contribution is 2.31. The van der Waals surface area contributed by atoms with Crippen LogP contribution in [0.25, 0.3) is 0 Å². The summed E-state index contributed by atoms with van der Waals surface area (Å²) in [6.45, 7) is 3.15. The summed E-state index contributed by atoms with van der Waals surface area (Å²) < 4.78 is 0. The van der Waals surface area contributed by atoms with E-state index in [1.165, 1.54) is 0 Å². The van der Waals surface area contributed by atoms with Gasteiger partial charge in [0.25, 0.3) is 0 Å². The maximum Gasteiger partial charge on any atom is 0.225 e. The van der Waals surface area contributed by atoms with E-state index < -0.39 is 0 Å². The van der Waals surface area contributed by atoms with E-state index >= 15 is 0 Å². The highest BCUT2D eigenvalue weighted by Gasteiger charge is 2.34. The van der Waals surface area contributed by atoms with Gasteiger partial charge in [0.15, 0.2) is 0 Å². The van der Waals surface area contributed by atoms with E-state index in [1.54, 1.807) is 18.3 Å². The summed E-state index contributed by atoms with van der Waals surface area (Å²) >= 11 is 0. The molecule has 1 aromatic rings. The van der Waals surface area contributed by atoms with Crippen LogP contribution in [0, 0.1) is 17.2 Å². The molecule has 1 amide bonds. The molecule has 1 aromatic heterocycles. The average Bonchev–Trinajstić information content (AvgIpc) is 3.32. The highest BCUT2D eigenvalue weighted by molar-refractivity contribution is 5.81. The SMILES string of the molecule is N#Cc1cccnc1N1CCCN(C(=O)C2CC2)CC1. The number of hydrogen-bond donors (Lipinski definition) is 0. The van der Waals surface area contributed by atoms with Crippen LogP contribution in [0.3, 0.4) is 0 Å². The number of pyridine rings is 1. The zero-order chi connectivity index (χ0) is 13.9. The topological polar surface area (TPSA) is 60.2 Å². The standard InChI is InChI=1S/C15H18N4O/c16-11-13-3-1-6-17-14(13)18-7-2-8-19(10-9-18)15(20)12-4-5-12/h1,3,6,12H,2,4-5,7-10H2. The fourth-order valence-corrected chi connectivity index (χ4v) is 2.67. The van der Waals surface area contributed by atoms with Crippen molar-refractivity contribution in [2.45, 2.75) is 19.3 Å². The molecular formula is C15H18N4O. The highest BCUT2D eigenvalue weighted by atomic mass is 16.2. The van der Waals surface area contributed by atoms with Crippen molar-refractivity contribution < 1.29 is 4.79 Å². The second-order valence-electron chi connectivity index (χ2n) is 5.43. The van der Waals surface area contributed by atoms with Crippen molar-refractivity contribution in [3.05, 3.63) is 23.9 Å². The maximum atomic E-state index is 12.1. The number of nitriles is 1. The lowest BCUT2D eigenvalue weighted by molar-refractivity contribution is -0.132. The summed E-state index contributed by atoms with van der Waals surface area (Å²) in [5, 5.41) is 9.16. The minimum absolute atomic E-state index is 0.283. The molecule has 0 atom stereocenters. The number of carbonyl (C=O) groups excluding carboxylic acids is 1. The van der Waals surface area contributed by atoms with Crippen molar-refractivity contribution in [1.29, 1.82) is 5.26 Å². The zero-order valence-electron chi connectivity index (χ0n) is 11.5. The van der Waals surface area contributed by atoms with Gasteiger partial charge < -0.3 is 9.80 Å². The molecule has 20 heavy (non-hydrogen) atoms. The van der Waals surface area contributed by atoms with Gasteiger partial charge in [-0.25, -0.2) is 4.98 Å². The van der Waals surface area contributed by atoms with Crippen LogP contribution in [0.2, 0.25) is 0 Å². The molecule has 1 aliphatic carbocycles. The Labute approximate surface area is 118 Å². The minimum Gasteiger partial charge on any atom is -0.354 e. The first kappa shape index (κ1) is 12.9. The summed E-state index contributed by atoms with van der Waals surface area (Å²) in [4.78, 5) is 20.6. The van der Waals surface area contributed by atoms with Crippen LogP contribution < -0.4 is 4.90 Å². The third-order valence-electron chi connectivity index (χ3n) is 3.94. The molecule has 2 aliphatic rings. The summed E-state index contributed by atoms with van der Waals surface area (Å²) in [5.41, 5.74) is 0.606. The first-order valence-corrected chi connectivity index (χ1v) is 7.18. The molecule has 0 unspecified atom stereocenters. The summed E-state index contributed by atoms with van der Waals surface area (Å²) in [7, 11) is 0. The number of aromatic nitrogens is 1. The normalized spacial score (nSPS) is 19.4. The third-order valence-corrected chi connectivity index (χ3v) is 3.94. The molecule has 0 N–H and O–H groups in total. The average molecular weight is 270 g/mol. The second-order valence-corrected chi connectivity index (χ2v) is 5.43. The first-order chi connectivity index (χ1) is 9.79. The number of hydrogen-bond acceptors (Lipinski definition) is 4. The van der Waals surface area contributed by atoms with Gasteiger partial charge in [0.1, 0.15) is 11.9 Å². The molecule has 104 valence electrons. The van der Waals surface area contributed by atoms with Crippen LogP contribution >= 0.6 is 0 Å². The van der Waals surface area contributed by atoms with Crippen LogP contribution in [0.1, 0.15) is 24.8 Å². The molecule has 0 aromatic carbocycles. The van der Waals surface area contributed by atoms with E-state index in [1.807, 2.05) is 4.90 Å². The molecular weight excluding hydrogens is 252 g/mol. The molecule has 3 rings (SSSR count). The third kappa shape index (κ3) is 2.60. The number of anilines is 1. The summed E-state index contributed by atoms with van der Waals surface area (Å²) in [5.74, 6) is 1.34. The Balaban J connectivity index is 1.70. The van der Waals surface area contributed by atoms with E-state index in [-0.39, 0.29) is 5.92 Å². The van der Waals surface area contributed by atoms with Gasteiger partial charge in [-0.15, -0.1) is 0 Å². The number of rotatable bonds is 2. The van der Waals surface area contributed by atoms with Gasteiger partial charge in [0.2, 0.25) is 5.91 Å². The fraction of sp³-hybridized carbons (Fsp3) is 0.533. The van der Waals surface area contributed by atoms with Crippen molar-refractivity contribution in [3.63, 3.8) is 0 Å². The quantitative estimate of drug-likeness (QED) is 0.815. The number of nitrogens with zero attached hydrogens (tertiary/aromatic N) is 4. The van der Waals surface area contributed by atoms with Crippen molar-refractivity contribution in [2.75, 3.05) is 31.1 Å². The summed E-state index contributed by atoms with van der Waals surface area (Å²) in [6.07, 6.45) is 4.75. The number of carbonyl (C=O) groups is 1. The van der Waals surface area contributed by atoms with Crippen LogP contribution in [0.5, 0.6) is 0 Å². The van der Waals surface area contributed by atoms with Gasteiger partial charge in [0, 0.05) is 38.3 Å². The second kappa shape index (κ2) is 5.49. The monoisotopic (exact) mass is 270 g/mol. The van der Waals surface area contributed by atoms with Gasteiger partial charge in [-0.1, -0.05) is 0 Å². The van der Waals surface area contributed by atoms with Gasteiger partial charge >= 0.3 is 0 Å². The van der Waals surface area contributed by atoms with Crippen LogP contribution in [-0.2, 0) is 4.79 Å². The summed E-state index contributed by atoms with van der Waals surface area (Å²) in [6, 6.07) is 5.76. The largest absolute Gasteiger partial charge is 0.354 e.